The van der Waals surface area contributed by atoms with Crippen LogP contribution in [0.1, 0.15) is 35.6 Å². The van der Waals surface area contributed by atoms with Gasteiger partial charge in [-0.2, -0.15) is 0 Å². The molecule has 134 valence electrons. The Balaban J connectivity index is 1.84. The quantitative estimate of drug-likeness (QED) is 0.642. The summed E-state index contributed by atoms with van der Waals surface area (Å²) >= 11 is 0. The van der Waals surface area contributed by atoms with Crippen molar-refractivity contribution in [3.05, 3.63) is 69.1 Å². The second-order valence-corrected chi connectivity index (χ2v) is 6.97. The highest BCUT2D eigenvalue weighted by molar-refractivity contribution is 5.86. The highest BCUT2D eigenvalue weighted by atomic mass is 16.5. The first-order valence-corrected chi connectivity index (χ1v) is 9.11. The minimum Gasteiger partial charge on any atom is -0.472 e. The van der Waals surface area contributed by atoms with Gasteiger partial charge in [0.15, 0.2) is 6.73 Å². The van der Waals surface area contributed by atoms with Gasteiger partial charge >= 0.3 is 5.63 Å². The van der Waals surface area contributed by atoms with Crippen molar-refractivity contribution in [3.63, 3.8) is 0 Å². The van der Waals surface area contributed by atoms with Crippen LogP contribution in [-0.4, -0.2) is 6.73 Å². The van der Waals surface area contributed by atoms with Crippen molar-refractivity contribution in [1.29, 1.82) is 0 Å². The molecule has 0 fully saturated rings. The Bertz CT molecular complexity index is 1040. The molecule has 1 aromatic heterocycles. The van der Waals surface area contributed by atoms with Gasteiger partial charge in [0.2, 0.25) is 0 Å². The fourth-order valence-electron chi connectivity index (χ4n) is 3.83. The zero-order valence-corrected chi connectivity index (χ0v) is 15.5. The van der Waals surface area contributed by atoms with E-state index in [9.17, 15) is 4.79 Å². The lowest BCUT2D eigenvalue weighted by Crippen LogP contribution is -2.32. The summed E-state index contributed by atoms with van der Waals surface area (Å²) in [7, 11) is 0. The molecule has 0 atom stereocenters. The predicted octanol–water partition coefficient (Wildman–Crippen LogP) is 4.72. The van der Waals surface area contributed by atoms with Gasteiger partial charge in [0.1, 0.15) is 11.3 Å². The summed E-state index contributed by atoms with van der Waals surface area (Å²) in [5, 5.41) is 1.03. The molecule has 0 N–H and O–H groups in total. The first-order valence-electron chi connectivity index (χ1n) is 9.11. The topological polar surface area (TPSA) is 42.7 Å². The van der Waals surface area contributed by atoms with E-state index >= 15 is 0 Å². The van der Waals surface area contributed by atoms with E-state index in [2.05, 4.69) is 43.0 Å². The van der Waals surface area contributed by atoms with Gasteiger partial charge in [-0.3, -0.25) is 0 Å². The molecule has 2 aromatic carbocycles. The maximum Gasteiger partial charge on any atom is 0.336 e. The van der Waals surface area contributed by atoms with Crippen LogP contribution in [0.25, 0.3) is 11.0 Å². The summed E-state index contributed by atoms with van der Waals surface area (Å²) in [5.74, 6) is 0.846. The summed E-state index contributed by atoms with van der Waals surface area (Å²) in [4.78, 5) is 14.2. The number of rotatable bonds is 3. The Morgan fingerprint density at radius 1 is 1.15 bits per heavy atom. The van der Waals surface area contributed by atoms with Crippen LogP contribution in [0.3, 0.4) is 0 Å². The van der Waals surface area contributed by atoms with E-state index in [0.29, 0.717) is 12.3 Å². The molecule has 0 aliphatic carbocycles. The molecule has 0 amide bonds. The molecule has 0 bridgehead atoms. The molecule has 0 saturated carbocycles. The molecule has 0 unspecified atom stereocenters. The van der Waals surface area contributed by atoms with Crippen molar-refractivity contribution >= 4 is 16.7 Å². The van der Waals surface area contributed by atoms with Crippen LogP contribution in [0.5, 0.6) is 5.75 Å². The number of benzene rings is 2. The van der Waals surface area contributed by atoms with Crippen molar-refractivity contribution < 1.29 is 9.15 Å². The monoisotopic (exact) mass is 349 g/mol. The number of fused-ring (bicyclic) bond motifs is 2. The number of nitrogens with zero attached hydrogens (tertiary/aromatic N) is 1. The standard InChI is InChI=1S/C22H23NO3/c1-4-7-16-11-20(24)26-22-15(3)21-17(10-18(16)22)12-23(13-25-21)19-9-6-5-8-14(19)2/h5-6,8-11H,4,7,12-13H2,1-3H3. The normalized spacial score (nSPS) is 13.6. The molecular weight excluding hydrogens is 326 g/mol. The van der Waals surface area contributed by atoms with Gasteiger partial charge < -0.3 is 14.1 Å². The zero-order valence-electron chi connectivity index (χ0n) is 15.5. The molecule has 4 rings (SSSR count). The third kappa shape index (κ3) is 2.75. The average Bonchev–Trinajstić information content (AvgIpc) is 2.63. The summed E-state index contributed by atoms with van der Waals surface area (Å²) in [5.41, 5.74) is 5.88. The van der Waals surface area contributed by atoms with Gasteiger partial charge in [-0.05, 0) is 43.5 Å². The Morgan fingerprint density at radius 3 is 2.73 bits per heavy atom. The van der Waals surface area contributed by atoms with Crippen LogP contribution in [0, 0.1) is 13.8 Å². The molecule has 4 heteroatoms. The van der Waals surface area contributed by atoms with Crippen LogP contribution in [0.2, 0.25) is 0 Å². The number of aryl methyl sites for hydroxylation is 3. The highest BCUT2D eigenvalue weighted by Crippen LogP contribution is 2.37. The van der Waals surface area contributed by atoms with Crippen molar-refractivity contribution in [1.82, 2.24) is 0 Å². The minimum absolute atomic E-state index is 0.290. The van der Waals surface area contributed by atoms with Gasteiger partial charge in [0.05, 0.1) is 0 Å². The van der Waals surface area contributed by atoms with E-state index in [1.165, 1.54) is 11.3 Å². The molecular formula is C22H23NO3. The molecule has 1 aliphatic heterocycles. The van der Waals surface area contributed by atoms with Crippen LogP contribution in [-0.2, 0) is 13.0 Å². The maximum atomic E-state index is 12.0. The predicted molar refractivity (Wildman–Crippen MR) is 104 cm³/mol. The van der Waals surface area contributed by atoms with Gasteiger partial charge in [0, 0.05) is 34.8 Å². The summed E-state index contributed by atoms with van der Waals surface area (Å²) in [6.07, 6.45) is 1.85. The minimum atomic E-state index is -0.290. The van der Waals surface area contributed by atoms with Gasteiger partial charge in [-0.15, -0.1) is 0 Å². The number of hydrogen-bond donors (Lipinski definition) is 0. The summed E-state index contributed by atoms with van der Waals surface area (Å²) < 4.78 is 11.6. The second kappa shape index (κ2) is 6.52. The largest absolute Gasteiger partial charge is 0.472 e. The fourth-order valence-corrected chi connectivity index (χ4v) is 3.83. The van der Waals surface area contributed by atoms with E-state index in [4.69, 9.17) is 9.15 Å². The summed E-state index contributed by atoms with van der Waals surface area (Å²) in [6, 6.07) is 12.1. The van der Waals surface area contributed by atoms with Crippen LogP contribution in [0.15, 0.2) is 45.6 Å². The van der Waals surface area contributed by atoms with Gasteiger partial charge in [-0.1, -0.05) is 31.5 Å². The van der Waals surface area contributed by atoms with Gasteiger partial charge in [0.25, 0.3) is 0 Å². The SMILES string of the molecule is CCCc1cc(=O)oc2c(C)c3c(cc12)CN(c1ccccc1C)CO3. The van der Waals surface area contributed by atoms with E-state index in [1.54, 1.807) is 6.07 Å². The molecule has 0 spiro atoms. The smallest absolute Gasteiger partial charge is 0.336 e. The molecule has 1 aliphatic rings. The lowest BCUT2D eigenvalue weighted by Gasteiger charge is -2.33. The number of ether oxygens (including phenoxy) is 1. The van der Waals surface area contributed by atoms with Crippen molar-refractivity contribution in [2.24, 2.45) is 0 Å². The number of para-hydroxylation sites is 1. The first-order chi connectivity index (χ1) is 12.6. The molecule has 4 nitrogen and oxygen atoms in total. The van der Waals surface area contributed by atoms with Crippen molar-refractivity contribution in [2.75, 3.05) is 11.6 Å². The van der Waals surface area contributed by atoms with E-state index in [1.807, 2.05) is 13.0 Å². The Kier molecular flexibility index (Phi) is 4.19. The zero-order chi connectivity index (χ0) is 18.3. The Labute approximate surface area is 153 Å². The molecule has 0 saturated heterocycles. The lowest BCUT2D eigenvalue weighted by molar-refractivity contribution is 0.287. The number of hydrogen-bond acceptors (Lipinski definition) is 4. The number of anilines is 1. The first kappa shape index (κ1) is 16.7. The molecule has 0 radical (unpaired) electrons. The summed E-state index contributed by atoms with van der Waals surface area (Å²) in [6.45, 7) is 7.48. The van der Waals surface area contributed by atoms with E-state index in [0.717, 1.165) is 47.2 Å². The molecule has 2 heterocycles. The van der Waals surface area contributed by atoms with E-state index in [-0.39, 0.29) is 5.63 Å². The third-order valence-corrected chi connectivity index (χ3v) is 5.08. The Morgan fingerprint density at radius 2 is 1.96 bits per heavy atom. The van der Waals surface area contributed by atoms with Gasteiger partial charge in [-0.25, -0.2) is 4.79 Å². The fraction of sp³-hybridized carbons (Fsp3) is 0.318. The van der Waals surface area contributed by atoms with Crippen LogP contribution < -0.4 is 15.3 Å². The average molecular weight is 349 g/mol. The molecule has 3 aromatic rings. The van der Waals surface area contributed by atoms with Crippen LogP contribution in [0.4, 0.5) is 5.69 Å². The maximum absolute atomic E-state index is 12.0. The molecule has 26 heavy (non-hydrogen) atoms. The van der Waals surface area contributed by atoms with Crippen molar-refractivity contribution in [3.8, 4) is 5.75 Å². The third-order valence-electron chi connectivity index (χ3n) is 5.08. The van der Waals surface area contributed by atoms with E-state index < -0.39 is 0 Å². The Hall–Kier alpha value is -2.75. The van der Waals surface area contributed by atoms with Crippen molar-refractivity contribution in [2.45, 2.75) is 40.2 Å². The second-order valence-electron chi connectivity index (χ2n) is 6.97. The van der Waals surface area contributed by atoms with Crippen LogP contribution >= 0.6 is 0 Å². The lowest BCUT2D eigenvalue weighted by atomic mass is 9.98. The highest BCUT2D eigenvalue weighted by Gasteiger charge is 2.23.